The zero-order valence-corrected chi connectivity index (χ0v) is 15.3. The molecule has 1 amide bonds. The molecule has 28 heavy (non-hydrogen) atoms. The second-order valence-corrected chi connectivity index (χ2v) is 6.70. The zero-order valence-electron chi connectivity index (χ0n) is 15.3. The van der Waals surface area contributed by atoms with Crippen LogP contribution in [0.25, 0.3) is 0 Å². The summed E-state index contributed by atoms with van der Waals surface area (Å²) < 4.78 is 13.9. The Balaban J connectivity index is 1.59. The Morgan fingerprint density at radius 3 is 2.57 bits per heavy atom. The number of benzene rings is 1. The molecule has 0 unspecified atom stereocenters. The van der Waals surface area contributed by atoms with Crippen LogP contribution in [0.3, 0.4) is 0 Å². The van der Waals surface area contributed by atoms with Crippen molar-refractivity contribution in [2.75, 3.05) is 22.9 Å². The number of hydrogen-bond donors (Lipinski definition) is 0. The molecular weight excluding hydrogens is 357 g/mol. The minimum absolute atomic E-state index is 0.0394. The first-order chi connectivity index (χ1) is 13.7. The fraction of sp³-hybridized carbons (Fsp3) is 0.238. The normalized spacial score (nSPS) is 14.7. The van der Waals surface area contributed by atoms with Crippen LogP contribution in [0.1, 0.15) is 23.2 Å². The fourth-order valence-electron chi connectivity index (χ4n) is 3.56. The minimum Gasteiger partial charge on any atom is -0.355 e. The van der Waals surface area contributed by atoms with E-state index < -0.39 is 0 Å². The van der Waals surface area contributed by atoms with Crippen LogP contribution in [0.5, 0.6) is 0 Å². The number of hydrogen-bond acceptors (Lipinski definition) is 5. The van der Waals surface area contributed by atoms with Crippen LogP contribution in [0.15, 0.2) is 67.1 Å². The second-order valence-electron chi connectivity index (χ2n) is 6.70. The van der Waals surface area contributed by atoms with Gasteiger partial charge in [0.25, 0.3) is 5.91 Å². The van der Waals surface area contributed by atoms with E-state index in [1.807, 2.05) is 12.1 Å². The van der Waals surface area contributed by atoms with Gasteiger partial charge in [0, 0.05) is 43.4 Å². The molecule has 0 spiro atoms. The highest BCUT2D eigenvalue weighted by atomic mass is 19.1. The van der Waals surface area contributed by atoms with Gasteiger partial charge < -0.3 is 9.80 Å². The molecule has 3 aromatic rings. The average Bonchev–Trinajstić information content (AvgIpc) is 2.76. The van der Waals surface area contributed by atoms with Gasteiger partial charge in [-0.05, 0) is 55.3 Å². The van der Waals surface area contributed by atoms with Crippen molar-refractivity contribution in [3.8, 4) is 0 Å². The van der Waals surface area contributed by atoms with Crippen molar-refractivity contribution in [2.45, 2.75) is 18.9 Å². The fourth-order valence-corrected chi connectivity index (χ4v) is 3.56. The number of aromatic nitrogens is 3. The van der Waals surface area contributed by atoms with Crippen molar-refractivity contribution in [1.29, 1.82) is 0 Å². The lowest BCUT2D eigenvalue weighted by Crippen LogP contribution is -2.48. The van der Waals surface area contributed by atoms with E-state index in [1.54, 1.807) is 47.8 Å². The van der Waals surface area contributed by atoms with Gasteiger partial charge in [0.05, 0.1) is 5.56 Å². The van der Waals surface area contributed by atoms with Crippen molar-refractivity contribution >= 4 is 17.4 Å². The molecule has 0 N–H and O–H groups in total. The molecule has 0 saturated carbocycles. The molecule has 1 saturated heterocycles. The molecule has 1 aromatic carbocycles. The summed E-state index contributed by atoms with van der Waals surface area (Å²) >= 11 is 0. The number of halogens is 1. The first-order valence-corrected chi connectivity index (χ1v) is 9.24. The summed E-state index contributed by atoms with van der Waals surface area (Å²) in [7, 11) is 0. The van der Waals surface area contributed by atoms with Gasteiger partial charge in [0.2, 0.25) is 0 Å². The van der Waals surface area contributed by atoms with Crippen molar-refractivity contribution in [1.82, 2.24) is 15.2 Å². The standard InChI is InChI=1S/C21H20FN5O/c22-17-5-1-6-19(14-17)27(21(28)16-4-2-10-23-15-16)18-8-12-26(13-9-18)20-7-3-11-24-25-20/h1-7,10-11,14-15,18H,8-9,12-13H2. The van der Waals surface area contributed by atoms with Crippen LogP contribution in [-0.4, -0.2) is 40.2 Å². The molecule has 4 rings (SSSR count). The van der Waals surface area contributed by atoms with Crippen molar-refractivity contribution in [2.24, 2.45) is 0 Å². The Bertz CT molecular complexity index is 930. The van der Waals surface area contributed by atoms with Crippen LogP contribution < -0.4 is 9.80 Å². The van der Waals surface area contributed by atoms with E-state index in [4.69, 9.17) is 0 Å². The summed E-state index contributed by atoms with van der Waals surface area (Å²) in [4.78, 5) is 21.1. The number of carbonyl (C=O) groups excluding carboxylic acids is 1. The smallest absolute Gasteiger partial charge is 0.260 e. The molecule has 142 valence electrons. The Morgan fingerprint density at radius 1 is 1.07 bits per heavy atom. The Hall–Kier alpha value is -3.35. The molecule has 1 aliphatic rings. The van der Waals surface area contributed by atoms with E-state index in [2.05, 4.69) is 20.1 Å². The Morgan fingerprint density at radius 2 is 1.89 bits per heavy atom. The second kappa shape index (κ2) is 8.12. The minimum atomic E-state index is -0.363. The topological polar surface area (TPSA) is 62.2 Å². The number of anilines is 2. The lowest BCUT2D eigenvalue weighted by molar-refractivity contribution is 0.0972. The number of amides is 1. The molecule has 2 aromatic heterocycles. The Kier molecular flexibility index (Phi) is 5.23. The molecular formula is C21H20FN5O. The maximum Gasteiger partial charge on any atom is 0.260 e. The van der Waals surface area contributed by atoms with Crippen LogP contribution in [0.2, 0.25) is 0 Å². The summed E-state index contributed by atoms with van der Waals surface area (Å²) in [6.07, 6.45) is 6.32. The molecule has 0 radical (unpaired) electrons. The lowest BCUT2D eigenvalue weighted by Gasteiger charge is -2.39. The van der Waals surface area contributed by atoms with Crippen molar-refractivity contribution < 1.29 is 9.18 Å². The highest BCUT2D eigenvalue weighted by Gasteiger charge is 2.30. The first-order valence-electron chi connectivity index (χ1n) is 9.24. The molecule has 7 heteroatoms. The molecule has 3 heterocycles. The third-order valence-corrected chi connectivity index (χ3v) is 4.93. The van der Waals surface area contributed by atoms with Crippen molar-refractivity contribution in [3.63, 3.8) is 0 Å². The van der Waals surface area contributed by atoms with Gasteiger partial charge in [-0.25, -0.2) is 4.39 Å². The monoisotopic (exact) mass is 377 g/mol. The highest BCUT2D eigenvalue weighted by Crippen LogP contribution is 2.27. The molecule has 6 nitrogen and oxygen atoms in total. The largest absolute Gasteiger partial charge is 0.355 e. The number of piperidine rings is 1. The summed E-state index contributed by atoms with van der Waals surface area (Å²) in [5.41, 5.74) is 1.05. The molecule has 0 bridgehead atoms. The zero-order chi connectivity index (χ0) is 19.3. The van der Waals surface area contributed by atoms with Gasteiger partial charge in [-0.1, -0.05) is 6.07 Å². The van der Waals surface area contributed by atoms with Gasteiger partial charge in [0.15, 0.2) is 5.82 Å². The third kappa shape index (κ3) is 3.83. The van der Waals surface area contributed by atoms with Crippen LogP contribution in [0, 0.1) is 5.82 Å². The summed E-state index contributed by atoms with van der Waals surface area (Å²) in [6.45, 7) is 1.49. The third-order valence-electron chi connectivity index (χ3n) is 4.93. The molecule has 0 atom stereocenters. The lowest BCUT2D eigenvalue weighted by atomic mass is 10.0. The molecule has 0 aliphatic carbocycles. The van der Waals surface area contributed by atoms with Gasteiger partial charge in [-0.2, -0.15) is 5.10 Å². The van der Waals surface area contributed by atoms with Crippen molar-refractivity contribution in [3.05, 3.63) is 78.5 Å². The Labute approximate surface area is 162 Å². The maximum absolute atomic E-state index is 13.9. The quantitative estimate of drug-likeness (QED) is 0.698. The van der Waals surface area contributed by atoms with E-state index in [0.717, 1.165) is 31.7 Å². The van der Waals surface area contributed by atoms with E-state index in [0.29, 0.717) is 11.3 Å². The van der Waals surface area contributed by atoms with E-state index in [9.17, 15) is 9.18 Å². The molecule has 1 fully saturated rings. The number of carbonyl (C=O) groups is 1. The predicted octanol–water partition coefficient (Wildman–Crippen LogP) is 3.33. The number of nitrogens with zero attached hydrogens (tertiary/aromatic N) is 5. The van der Waals surface area contributed by atoms with E-state index in [-0.39, 0.29) is 17.8 Å². The SMILES string of the molecule is O=C(c1cccnc1)N(c1cccc(F)c1)C1CCN(c2cccnn2)CC1. The van der Waals surface area contributed by atoms with Crippen LogP contribution in [0.4, 0.5) is 15.9 Å². The first kappa shape index (κ1) is 18.0. The van der Waals surface area contributed by atoms with E-state index >= 15 is 0 Å². The van der Waals surface area contributed by atoms with Crippen LogP contribution in [-0.2, 0) is 0 Å². The number of pyridine rings is 1. The van der Waals surface area contributed by atoms with Gasteiger partial charge >= 0.3 is 0 Å². The van der Waals surface area contributed by atoms with E-state index in [1.165, 1.54) is 12.1 Å². The van der Waals surface area contributed by atoms with Gasteiger partial charge in [-0.3, -0.25) is 9.78 Å². The summed E-state index contributed by atoms with van der Waals surface area (Å²) in [6, 6.07) is 13.4. The van der Waals surface area contributed by atoms with Gasteiger partial charge in [-0.15, -0.1) is 5.10 Å². The van der Waals surface area contributed by atoms with Gasteiger partial charge in [0.1, 0.15) is 5.82 Å². The highest BCUT2D eigenvalue weighted by molar-refractivity contribution is 6.06. The number of rotatable bonds is 4. The predicted molar refractivity (Wildman–Crippen MR) is 105 cm³/mol. The average molecular weight is 377 g/mol. The summed E-state index contributed by atoms with van der Waals surface area (Å²) in [5, 5.41) is 8.10. The molecule has 1 aliphatic heterocycles. The van der Waals surface area contributed by atoms with Crippen LogP contribution >= 0.6 is 0 Å². The maximum atomic E-state index is 13.9. The summed E-state index contributed by atoms with van der Waals surface area (Å²) in [5.74, 6) is 0.298.